The molecule has 0 radical (unpaired) electrons. The lowest BCUT2D eigenvalue weighted by Gasteiger charge is -2.31. The molecule has 25 heavy (non-hydrogen) atoms. The first-order valence-electron chi connectivity index (χ1n) is 9.20. The lowest BCUT2D eigenvalue weighted by molar-refractivity contribution is -0.142. The van der Waals surface area contributed by atoms with E-state index in [2.05, 4.69) is 19.2 Å². The Morgan fingerprint density at radius 3 is 2.64 bits per heavy atom. The summed E-state index contributed by atoms with van der Waals surface area (Å²) in [6, 6.07) is 0. The largest absolute Gasteiger partial charge is 0.481 e. The molecule has 1 aliphatic heterocycles. The Hall–Kier alpha value is -1.44. The Kier molecular flexibility index (Phi) is 7.87. The van der Waals surface area contributed by atoms with Gasteiger partial charge in [0.15, 0.2) is 0 Å². The van der Waals surface area contributed by atoms with Gasteiger partial charge in [0.2, 0.25) is 5.91 Å². The maximum atomic E-state index is 12.3. The van der Waals surface area contributed by atoms with E-state index in [0.717, 1.165) is 25.9 Å². The predicted octanol–water partition coefficient (Wildman–Crippen LogP) is 1.39. The summed E-state index contributed by atoms with van der Waals surface area (Å²) >= 11 is 0. The highest BCUT2D eigenvalue weighted by molar-refractivity contribution is 5.80. The van der Waals surface area contributed by atoms with Gasteiger partial charge in [0.1, 0.15) is 0 Å². The molecule has 2 unspecified atom stereocenters. The van der Waals surface area contributed by atoms with Crippen molar-refractivity contribution in [2.75, 3.05) is 32.8 Å². The number of nitrogens with zero attached hydrogens (tertiary/aromatic N) is 1. The van der Waals surface area contributed by atoms with Crippen molar-refractivity contribution in [2.24, 2.45) is 5.92 Å². The minimum Gasteiger partial charge on any atom is -0.481 e. The van der Waals surface area contributed by atoms with Crippen LogP contribution in [-0.4, -0.2) is 66.9 Å². The SMILES string of the molecule is CCC(CC)OC1CC(NC(=O)CN2CCOCC2)=CC(C(=O)O)C1. The Morgan fingerprint density at radius 1 is 1.36 bits per heavy atom. The van der Waals surface area contributed by atoms with Crippen LogP contribution in [0.4, 0.5) is 0 Å². The van der Waals surface area contributed by atoms with Crippen molar-refractivity contribution in [3.05, 3.63) is 11.8 Å². The van der Waals surface area contributed by atoms with Crippen LogP contribution in [0.25, 0.3) is 0 Å². The van der Waals surface area contributed by atoms with Gasteiger partial charge in [0.25, 0.3) is 0 Å². The van der Waals surface area contributed by atoms with Crippen LogP contribution in [0.15, 0.2) is 11.8 Å². The van der Waals surface area contributed by atoms with E-state index in [0.29, 0.717) is 38.3 Å². The zero-order chi connectivity index (χ0) is 18.2. The second-order valence-electron chi connectivity index (χ2n) is 6.71. The summed E-state index contributed by atoms with van der Waals surface area (Å²) < 4.78 is 11.3. The summed E-state index contributed by atoms with van der Waals surface area (Å²) in [5, 5.41) is 12.3. The third-order valence-electron chi connectivity index (χ3n) is 4.75. The third kappa shape index (κ3) is 6.41. The fraction of sp³-hybridized carbons (Fsp3) is 0.778. The van der Waals surface area contributed by atoms with Gasteiger partial charge in [-0.3, -0.25) is 14.5 Å². The van der Waals surface area contributed by atoms with E-state index >= 15 is 0 Å². The number of carboxylic acids is 1. The first kappa shape index (κ1) is 19.9. The van der Waals surface area contributed by atoms with Crippen LogP contribution in [0.3, 0.4) is 0 Å². The van der Waals surface area contributed by atoms with E-state index in [-0.39, 0.29) is 18.1 Å². The second-order valence-corrected chi connectivity index (χ2v) is 6.71. The lowest BCUT2D eigenvalue weighted by Crippen LogP contribution is -2.44. The number of ether oxygens (including phenoxy) is 2. The first-order chi connectivity index (χ1) is 12.0. The fourth-order valence-electron chi connectivity index (χ4n) is 3.29. The maximum absolute atomic E-state index is 12.3. The molecule has 1 aliphatic carbocycles. The summed E-state index contributed by atoms with van der Waals surface area (Å²) in [5.74, 6) is -1.61. The Bertz CT molecular complexity index is 484. The van der Waals surface area contributed by atoms with Crippen molar-refractivity contribution in [2.45, 2.75) is 51.7 Å². The highest BCUT2D eigenvalue weighted by Gasteiger charge is 2.29. The molecule has 1 heterocycles. The molecule has 2 atom stereocenters. The molecule has 0 aromatic heterocycles. The highest BCUT2D eigenvalue weighted by atomic mass is 16.5. The molecule has 0 aromatic carbocycles. The number of carbonyl (C=O) groups excluding carboxylic acids is 1. The molecule has 7 nitrogen and oxygen atoms in total. The summed E-state index contributed by atoms with van der Waals surface area (Å²) in [7, 11) is 0. The van der Waals surface area contributed by atoms with Crippen molar-refractivity contribution in [3.63, 3.8) is 0 Å². The number of hydrogen-bond donors (Lipinski definition) is 2. The van der Waals surface area contributed by atoms with Gasteiger partial charge in [-0.1, -0.05) is 19.9 Å². The maximum Gasteiger partial charge on any atom is 0.310 e. The van der Waals surface area contributed by atoms with Crippen LogP contribution < -0.4 is 5.32 Å². The van der Waals surface area contributed by atoms with Gasteiger partial charge in [-0.25, -0.2) is 0 Å². The van der Waals surface area contributed by atoms with E-state index in [1.165, 1.54) is 0 Å². The van der Waals surface area contributed by atoms with Crippen molar-refractivity contribution in [1.82, 2.24) is 10.2 Å². The molecule has 7 heteroatoms. The van der Waals surface area contributed by atoms with Crippen molar-refractivity contribution < 1.29 is 24.2 Å². The van der Waals surface area contributed by atoms with Crippen molar-refractivity contribution >= 4 is 11.9 Å². The molecular weight excluding hydrogens is 324 g/mol. The quantitative estimate of drug-likeness (QED) is 0.685. The summed E-state index contributed by atoms with van der Waals surface area (Å²) in [5.41, 5.74) is 0.660. The molecule has 0 saturated carbocycles. The van der Waals surface area contributed by atoms with Gasteiger partial charge in [0.05, 0.1) is 37.9 Å². The number of carboxylic acid groups (broad SMARTS) is 1. The van der Waals surface area contributed by atoms with Crippen LogP contribution in [-0.2, 0) is 19.1 Å². The average Bonchev–Trinajstić information content (AvgIpc) is 2.60. The number of morpholine rings is 1. The minimum absolute atomic E-state index is 0.111. The molecule has 0 aromatic rings. The van der Waals surface area contributed by atoms with Crippen molar-refractivity contribution in [3.8, 4) is 0 Å². The van der Waals surface area contributed by atoms with Gasteiger partial charge in [0, 0.05) is 25.2 Å². The van der Waals surface area contributed by atoms with E-state index in [1.54, 1.807) is 6.08 Å². The summed E-state index contributed by atoms with van der Waals surface area (Å²) in [6.45, 7) is 7.19. The second kappa shape index (κ2) is 9.89. The average molecular weight is 354 g/mol. The standard InChI is InChI=1S/C18H30N2O5/c1-3-15(4-2)25-16-10-13(18(22)23)9-14(11-16)19-17(21)12-20-5-7-24-8-6-20/h9,13,15-16H,3-8,10-12H2,1-2H3,(H,19,21)(H,22,23). The van der Waals surface area contributed by atoms with Crippen LogP contribution >= 0.6 is 0 Å². The molecule has 2 rings (SSSR count). The molecule has 1 saturated heterocycles. The third-order valence-corrected chi connectivity index (χ3v) is 4.75. The topological polar surface area (TPSA) is 88.1 Å². The fourth-order valence-corrected chi connectivity index (χ4v) is 3.29. The number of carbonyl (C=O) groups is 2. The van der Waals surface area contributed by atoms with Gasteiger partial charge in [-0.15, -0.1) is 0 Å². The molecule has 1 amide bonds. The Balaban J connectivity index is 1.93. The normalized spacial score (nSPS) is 24.8. The predicted molar refractivity (Wildman–Crippen MR) is 93.1 cm³/mol. The van der Waals surface area contributed by atoms with Gasteiger partial charge < -0.3 is 19.9 Å². The highest BCUT2D eigenvalue weighted by Crippen LogP contribution is 2.26. The van der Waals surface area contributed by atoms with E-state index < -0.39 is 11.9 Å². The summed E-state index contributed by atoms with van der Waals surface area (Å²) in [6.07, 6.45) is 4.41. The van der Waals surface area contributed by atoms with Crippen LogP contribution in [0, 0.1) is 5.92 Å². The minimum atomic E-state index is -0.877. The van der Waals surface area contributed by atoms with Gasteiger partial charge >= 0.3 is 5.97 Å². The zero-order valence-corrected chi connectivity index (χ0v) is 15.2. The van der Waals surface area contributed by atoms with Crippen molar-refractivity contribution in [1.29, 1.82) is 0 Å². The van der Waals surface area contributed by atoms with E-state index in [9.17, 15) is 14.7 Å². The number of rotatable bonds is 8. The number of nitrogens with one attached hydrogen (secondary N) is 1. The number of amides is 1. The van der Waals surface area contributed by atoms with Gasteiger partial charge in [-0.2, -0.15) is 0 Å². The molecule has 2 aliphatic rings. The summed E-state index contributed by atoms with van der Waals surface area (Å²) in [4.78, 5) is 25.7. The van der Waals surface area contributed by atoms with E-state index in [1.807, 2.05) is 4.90 Å². The number of aliphatic carboxylic acids is 1. The Labute approximate surface area is 149 Å². The molecule has 0 bridgehead atoms. The van der Waals surface area contributed by atoms with Gasteiger partial charge in [-0.05, 0) is 19.3 Å². The monoisotopic (exact) mass is 354 g/mol. The molecule has 2 N–H and O–H groups in total. The van der Waals surface area contributed by atoms with E-state index in [4.69, 9.17) is 9.47 Å². The molecule has 0 spiro atoms. The van der Waals surface area contributed by atoms with Crippen LogP contribution in [0.2, 0.25) is 0 Å². The molecule has 142 valence electrons. The van der Waals surface area contributed by atoms with Crippen LogP contribution in [0.1, 0.15) is 39.5 Å². The number of hydrogen-bond acceptors (Lipinski definition) is 5. The molecule has 1 fully saturated rings. The first-order valence-corrected chi connectivity index (χ1v) is 9.20. The van der Waals surface area contributed by atoms with Crippen LogP contribution in [0.5, 0.6) is 0 Å². The molecular formula is C18H30N2O5. The smallest absolute Gasteiger partial charge is 0.310 e. The zero-order valence-electron chi connectivity index (χ0n) is 15.2. The Morgan fingerprint density at radius 2 is 2.04 bits per heavy atom. The lowest BCUT2D eigenvalue weighted by atomic mass is 9.91.